The molecule has 0 aliphatic carbocycles. The fourth-order valence-corrected chi connectivity index (χ4v) is 1.63. The summed E-state index contributed by atoms with van der Waals surface area (Å²) in [6.45, 7) is 0. The highest BCUT2D eigenvalue weighted by atomic mass is 127. The van der Waals surface area contributed by atoms with Crippen molar-refractivity contribution in [3.8, 4) is 6.07 Å². The molecule has 1 N–H and O–H groups in total. The van der Waals surface area contributed by atoms with Crippen LogP contribution in [0.25, 0.3) is 0 Å². The van der Waals surface area contributed by atoms with Crippen molar-refractivity contribution in [2.75, 3.05) is 0 Å². The second-order valence-electron chi connectivity index (χ2n) is 2.47. The minimum absolute atomic E-state index is 0.0656. The molecule has 1 aromatic heterocycles. The first kappa shape index (κ1) is 11.8. The number of carboxylic acids is 1. The van der Waals surface area contributed by atoms with Crippen molar-refractivity contribution in [1.82, 2.24) is 4.98 Å². The fraction of sp³-hybridized carbons (Fsp3) is 0.125. The van der Waals surface area contributed by atoms with Crippen LogP contribution in [-0.4, -0.2) is 16.1 Å². The topological polar surface area (TPSA) is 74.0 Å². The molecule has 0 saturated carbocycles. The Hall–Kier alpha value is -1.30. The van der Waals surface area contributed by atoms with Crippen LogP contribution in [0.5, 0.6) is 0 Å². The summed E-state index contributed by atoms with van der Waals surface area (Å²) in [5.74, 6) is -1.45. The van der Waals surface area contributed by atoms with E-state index in [1.54, 1.807) is 0 Å². The van der Waals surface area contributed by atoms with Gasteiger partial charge in [0.2, 0.25) is 0 Å². The van der Waals surface area contributed by atoms with Crippen LogP contribution in [0.3, 0.4) is 0 Å². The molecule has 1 rings (SSSR count). The Bertz CT molecular complexity index is 457. The van der Waals surface area contributed by atoms with E-state index in [2.05, 4.69) is 4.98 Å². The minimum Gasteiger partial charge on any atom is -0.478 e. The number of nitrogens with zero attached hydrogens (tertiary/aromatic N) is 2. The van der Waals surface area contributed by atoms with Crippen LogP contribution >= 0.6 is 22.6 Å². The summed E-state index contributed by atoms with van der Waals surface area (Å²) in [4.78, 5) is 14.1. The van der Waals surface area contributed by atoms with Crippen molar-refractivity contribution in [3.05, 3.63) is 26.6 Å². The van der Waals surface area contributed by atoms with Gasteiger partial charge in [0.1, 0.15) is 9.77 Å². The van der Waals surface area contributed by atoms with Gasteiger partial charge in [-0.3, -0.25) is 0 Å². The first-order valence-corrected chi connectivity index (χ1v) is 4.66. The monoisotopic (exact) mass is 324 g/mol. The summed E-state index contributed by atoms with van der Waals surface area (Å²) in [6.07, 6.45) is -2.02. The smallest absolute Gasteiger partial charge is 0.338 e. The number of nitriles is 1. The molecule has 1 aromatic rings. The predicted molar refractivity (Wildman–Crippen MR) is 53.6 cm³/mol. The molecule has 0 bridgehead atoms. The maximum Gasteiger partial charge on any atom is 0.338 e. The highest BCUT2D eigenvalue weighted by molar-refractivity contribution is 14.1. The van der Waals surface area contributed by atoms with Gasteiger partial charge in [-0.05, 0) is 22.6 Å². The molecular weight excluding hydrogens is 321 g/mol. The minimum atomic E-state index is -2.92. The number of aromatic nitrogens is 1. The number of carboxylic acid groups (broad SMARTS) is 1. The normalized spacial score (nSPS) is 10.1. The van der Waals surface area contributed by atoms with E-state index in [1.807, 2.05) is 0 Å². The standard InChI is InChI=1S/C8H3F2IN2O2/c9-6(10)5-3(1-12)4(8(14)15)2-13-7(5)11/h2,6H,(H,14,15). The largest absolute Gasteiger partial charge is 0.478 e. The van der Waals surface area contributed by atoms with E-state index in [0.717, 1.165) is 6.20 Å². The molecule has 78 valence electrons. The second kappa shape index (κ2) is 4.48. The van der Waals surface area contributed by atoms with Crippen LogP contribution in [0, 0.1) is 15.0 Å². The van der Waals surface area contributed by atoms with E-state index in [-0.39, 0.29) is 3.70 Å². The third-order valence-electron chi connectivity index (χ3n) is 1.63. The lowest BCUT2D eigenvalue weighted by molar-refractivity contribution is 0.0695. The Morgan fingerprint density at radius 1 is 1.67 bits per heavy atom. The number of aromatic carboxylic acids is 1. The molecular formula is C8H3F2IN2O2. The fourth-order valence-electron chi connectivity index (χ4n) is 0.985. The Morgan fingerprint density at radius 2 is 2.27 bits per heavy atom. The average Bonchev–Trinajstić information content (AvgIpc) is 2.15. The first-order chi connectivity index (χ1) is 6.99. The lowest BCUT2D eigenvalue weighted by Gasteiger charge is -2.06. The molecule has 1 heterocycles. The number of pyridine rings is 1. The number of halogens is 3. The molecule has 0 saturated heterocycles. The Labute approximate surface area is 96.7 Å². The van der Waals surface area contributed by atoms with Crippen molar-refractivity contribution in [3.63, 3.8) is 0 Å². The number of alkyl halides is 2. The van der Waals surface area contributed by atoms with Gasteiger partial charge in [0.25, 0.3) is 6.43 Å². The molecule has 0 spiro atoms. The van der Waals surface area contributed by atoms with Gasteiger partial charge in [-0.2, -0.15) is 5.26 Å². The van der Waals surface area contributed by atoms with Crippen LogP contribution in [-0.2, 0) is 0 Å². The summed E-state index contributed by atoms with van der Waals surface area (Å²) < 4.78 is 25.0. The van der Waals surface area contributed by atoms with Crippen molar-refractivity contribution < 1.29 is 18.7 Å². The zero-order chi connectivity index (χ0) is 11.6. The van der Waals surface area contributed by atoms with Crippen LogP contribution in [0.1, 0.15) is 27.9 Å². The van der Waals surface area contributed by atoms with Gasteiger partial charge in [0.15, 0.2) is 0 Å². The molecule has 0 fully saturated rings. The van der Waals surface area contributed by atoms with E-state index in [0.29, 0.717) is 0 Å². The summed E-state index contributed by atoms with van der Waals surface area (Å²) in [7, 11) is 0. The Balaban J connectivity index is 3.56. The van der Waals surface area contributed by atoms with E-state index in [9.17, 15) is 13.6 Å². The summed E-state index contributed by atoms with van der Waals surface area (Å²) in [5.41, 5.74) is -1.66. The van der Waals surface area contributed by atoms with E-state index < -0.39 is 29.1 Å². The zero-order valence-electron chi connectivity index (χ0n) is 7.04. The lowest BCUT2D eigenvalue weighted by Crippen LogP contribution is -2.07. The average molecular weight is 324 g/mol. The molecule has 0 unspecified atom stereocenters. The highest BCUT2D eigenvalue weighted by Crippen LogP contribution is 2.28. The molecule has 4 nitrogen and oxygen atoms in total. The summed E-state index contributed by atoms with van der Waals surface area (Å²) in [5, 5.41) is 17.3. The molecule has 0 radical (unpaired) electrons. The van der Waals surface area contributed by atoms with Crippen LogP contribution in [0.4, 0.5) is 8.78 Å². The molecule has 0 aliphatic heterocycles. The molecule has 0 aliphatic rings. The highest BCUT2D eigenvalue weighted by Gasteiger charge is 2.23. The molecule has 7 heteroatoms. The third kappa shape index (κ3) is 2.20. The van der Waals surface area contributed by atoms with Crippen molar-refractivity contribution in [2.45, 2.75) is 6.43 Å². The van der Waals surface area contributed by atoms with Crippen LogP contribution < -0.4 is 0 Å². The maximum absolute atomic E-state index is 12.5. The second-order valence-corrected chi connectivity index (χ2v) is 3.49. The third-order valence-corrected chi connectivity index (χ3v) is 2.49. The predicted octanol–water partition coefficient (Wildman–Crippen LogP) is 2.19. The molecule has 0 amide bonds. The first-order valence-electron chi connectivity index (χ1n) is 3.59. The van der Waals surface area contributed by atoms with E-state index in [1.165, 1.54) is 28.7 Å². The van der Waals surface area contributed by atoms with Gasteiger partial charge in [0, 0.05) is 6.20 Å². The van der Waals surface area contributed by atoms with Crippen LogP contribution in [0.15, 0.2) is 6.20 Å². The van der Waals surface area contributed by atoms with Crippen molar-refractivity contribution in [2.24, 2.45) is 0 Å². The van der Waals surface area contributed by atoms with Gasteiger partial charge in [-0.15, -0.1) is 0 Å². The maximum atomic E-state index is 12.5. The van der Waals surface area contributed by atoms with E-state index in [4.69, 9.17) is 10.4 Å². The lowest BCUT2D eigenvalue weighted by atomic mass is 10.1. The van der Waals surface area contributed by atoms with Gasteiger partial charge >= 0.3 is 5.97 Å². The molecule has 15 heavy (non-hydrogen) atoms. The van der Waals surface area contributed by atoms with Crippen molar-refractivity contribution in [1.29, 1.82) is 5.26 Å². The number of hydrogen-bond acceptors (Lipinski definition) is 3. The number of rotatable bonds is 2. The van der Waals surface area contributed by atoms with Gasteiger partial charge in [-0.25, -0.2) is 18.6 Å². The quantitative estimate of drug-likeness (QED) is 0.668. The van der Waals surface area contributed by atoms with Crippen LogP contribution in [0.2, 0.25) is 0 Å². The van der Waals surface area contributed by atoms with Gasteiger partial charge < -0.3 is 5.11 Å². The van der Waals surface area contributed by atoms with E-state index >= 15 is 0 Å². The summed E-state index contributed by atoms with van der Waals surface area (Å²) >= 11 is 1.53. The zero-order valence-corrected chi connectivity index (χ0v) is 9.20. The number of hydrogen-bond donors (Lipinski definition) is 1. The van der Waals surface area contributed by atoms with Gasteiger partial charge in [-0.1, -0.05) is 0 Å². The SMILES string of the molecule is N#Cc1c(C(=O)O)cnc(I)c1C(F)F. The summed E-state index contributed by atoms with van der Waals surface area (Å²) in [6, 6.07) is 1.46. The number of carbonyl (C=O) groups is 1. The Morgan fingerprint density at radius 3 is 2.67 bits per heavy atom. The molecule has 0 aromatic carbocycles. The van der Waals surface area contributed by atoms with Crippen molar-refractivity contribution >= 4 is 28.6 Å². The van der Waals surface area contributed by atoms with Gasteiger partial charge in [0.05, 0.1) is 16.7 Å². The Kier molecular flexibility index (Phi) is 3.52. The molecule has 0 atom stereocenters.